The van der Waals surface area contributed by atoms with E-state index in [1.807, 2.05) is 50.2 Å². The molecule has 2 N–H and O–H groups in total. The fourth-order valence-corrected chi connectivity index (χ4v) is 2.07. The molecule has 1 heterocycles. The SMILES string of the molecule is CC(C)Oc1ccccc1C(N)c1ccc(Br)o1. The van der Waals surface area contributed by atoms with Crippen LogP contribution < -0.4 is 10.5 Å². The number of hydrogen-bond donors (Lipinski definition) is 1. The molecule has 3 nitrogen and oxygen atoms in total. The van der Waals surface area contributed by atoms with Crippen LogP contribution >= 0.6 is 15.9 Å². The van der Waals surface area contributed by atoms with E-state index in [4.69, 9.17) is 14.9 Å². The van der Waals surface area contributed by atoms with Crippen LogP contribution in [0.25, 0.3) is 0 Å². The van der Waals surface area contributed by atoms with Crippen LogP contribution in [0.3, 0.4) is 0 Å². The van der Waals surface area contributed by atoms with E-state index in [-0.39, 0.29) is 12.1 Å². The Kier molecular flexibility index (Phi) is 4.09. The highest BCUT2D eigenvalue weighted by molar-refractivity contribution is 9.10. The molecule has 0 aliphatic rings. The second-order valence-corrected chi connectivity index (χ2v) is 5.11. The first-order valence-electron chi connectivity index (χ1n) is 5.84. The number of furan rings is 1. The molecule has 18 heavy (non-hydrogen) atoms. The molecule has 0 bridgehead atoms. The van der Waals surface area contributed by atoms with Crippen molar-refractivity contribution in [2.24, 2.45) is 5.73 Å². The minimum absolute atomic E-state index is 0.113. The molecule has 1 unspecified atom stereocenters. The molecule has 4 heteroatoms. The number of rotatable bonds is 4. The average molecular weight is 310 g/mol. The minimum Gasteiger partial charge on any atom is -0.491 e. The lowest BCUT2D eigenvalue weighted by molar-refractivity contribution is 0.238. The van der Waals surface area contributed by atoms with Crippen LogP contribution in [-0.4, -0.2) is 6.10 Å². The summed E-state index contributed by atoms with van der Waals surface area (Å²) in [4.78, 5) is 0. The number of nitrogens with two attached hydrogens (primary N) is 1. The number of para-hydroxylation sites is 1. The van der Waals surface area contributed by atoms with Gasteiger partial charge in [0.05, 0.1) is 12.1 Å². The van der Waals surface area contributed by atoms with Crippen molar-refractivity contribution in [1.29, 1.82) is 0 Å². The largest absolute Gasteiger partial charge is 0.491 e. The maximum Gasteiger partial charge on any atom is 0.169 e. The van der Waals surface area contributed by atoms with Crippen LogP contribution in [0, 0.1) is 0 Å². The zero-order valence-electron chi connectivity index (χ0n) is 10.4. The summed E-state index contributed by atoms with van der Waals surface area (Å²) in [5, 5.41) is 0. The van der Waals surface area contributed by atoms with E-state index in [1.54, 1.807) is 0 Å². The quantitative estimate of drug-likeness (QED) is 0.932. The zero-order chi connectivity index (χ0) is 13.1. The minimum atomic E-state index is -0.328. The molecule has 0 aliphatic carbocycles. The standard InChI is InChI=1S/C14H16BrNO2/c1-9(2)17-11-6-4-3-5-10(11)14(16)12-7-8-13(15)18-12/h3-9,14H,16H2,1-2H3. The average Bonchev–Trinajstić information content (AvgIpc) is 2.75. The van der Waals surface area contributed by atoms with Crippen molar-refractivity contribution in [3.8, 4) is 5.75 Å². The molecule has 0 amide bonds. The van der Waals surface area contributed by atoms with Gasteiger partial charge in [0.1, 0.15) is 11.5 Å². The van der Waals surface area contributed by atoms with Gasteiger partial charge in [-0.3, -0.25) is 0 Å². The highest BCUT2D eigenvalue weighted by atomic mass is 79.9. The van der Waals surface area contributed by atoms with E-state index in [1.165, 1.54) is 0 Å². The van der Waals surface area contributed by atoms with Gasteiger partial charge in [-0.2, -0.15) is 0 Å². The molecule has 0 fully saturated rings. The Bertz CT molecular complexity index is 522. The van der Waals surface area contributed by atoms with Crippen molar-refractivity contribution in [3.63, 3.8) is 0 Å². The number of hydrogen-bond acceptors (Lipinski definition) is 3. The van der Waals surface area contributed by atoms with Crippen molar-refractivity contribution in [2.45, 2.75) is 26.0 Å². The molecule has 1 aromatic carbocycles. The third kappa shape index (κ3) is 2.94. The number of halogens is 1. The Hall–Kier alpha value is -1.26. The van der Waals surface area contributed by atoms with Crippen molar-refractivity contribution >= 4 is 15.9 Å². The number of benzene rings is 1. The lowest BCUT2D eigenvalue weighted by Crippen LogP contribution is -2.15. The van der Waals surface area contributed by atoms with Crippen LogP contribution in [0.1, 0.15) is 31.2 Å². The molecule has 1 atom stereocenters. The van der Waals surface area contributed by atoms with Gasteiger partial charge < -0.3 is 14.9 Å². The Morgan fingerprint density at radius 2 is 1.89 bits per heavy atom. The van der Waals surface area contributed by atoms with Gasteiger partial charge in [-0.1, -0.05) is 18.2 Å². The fourth-order valence-electron chi connectivity index (χ4n) is 1.75. The first kappa shape index (κ1) is 13.2. The molecule has 96 valence electrons. The Morgan fingerprint density at radius 3 is 2.50 bits per heavy atom. The summed E-state index contributed by atoms with van der Waals surface area (Å²) in [7, 11) is 0. The van der Waals surface area contributed by atoms with Crippen LogP contribution in [0.2, 0.25) is 0 Å². The first-order chi connectivity index (χ1) is 8.58. The normalized spacial score (nSPS) is 12.7. The molecule has 0 spiro atoms. The maximum absolute atomic E-state index is 6.21. The summed E-state index contributed by atoms with van der Waals surface area (Å²) in [5.74, 6) is 1.51. The first-order valence-corrected chi connectivity index (χ1v) is 6.63. The van der Waals surface area contributed by atoms with Crippen LogP contribution in [0.15, 0.2) is 45.5 Å². The third-order valence-electron chi connectivity index (χ3n) is 2.52. The second kappa shape index (κ2) is 5.59. The van der Waals surface area contributed by atoms with Crippen molar-refractivity contribution in [3.05, 3.63) is 52.4 Å². The summed E-state index contributed by atoms with van der Waals surface area (Å²) < 4.78 is 11.9. The van der Waals surface area contributed by atoms with E-state index in [0.717, 1.165) is 11.3 Å². The second-order valence-electron chi connectivity index (χ2n) is 4.32. The lowest BCUT2D eigenvalue weighted by Gasteiger charge is -2.17. The molecule has 0 saturated heterocycles. The molecule has 0 radical (unpaired) electrons. The predicted octanol–water partition coefficient (Wildman–Crippen LogP) is 3.88. The fraction of sp³-hybridized carbons (Fsp3) is 0.286. The van der Waals surface area contributed by atoms with E-state index in [2.05, 4.69) is 15.9 Å². The molecule has 0 aliphatic heterocycles. The van der Waals surface area contributed by atoms with E-state index in [9.17, 15) is 0 Å². The Balaban J connectivity index is 2.32. The van der Waals surface area contributed by atoms with Gasteiger partial charge in [0.15, 0.2) is 4.67 Å². The van der Waals surface area contributed by atoms with Gasteiger partial charge in [-0.25, -0.2) is 0 Å². The lowest BCUT2D eigenvalue weighted by atomic mass is 10.0. The third-order valence-corrected chi connectivity index (χ3v) is 2.94. The Morgan fingerprint density at radius 1 is 1.17 bits per heavy atom. The van der Waals surface area contributed by atoms with E-state index in [0.29, 0.717) is 10.4 Å². The molecule has 2 rings (SSSR count). The molecule has 0 saturated carbocycles. The van der Waals surface area contributed by atoms with Crippen molar-refractivity contribution < 1.29 is 9.15 Å². The molecular weight excluding hydrogens is 294 g/mol. The van der Waals surface area contributed by atoms with Gasteiger partial charge in [0, 0.05) is 5.56 Å². The summed E-state index contributed by atoms with van der Waals surface area (Å²) in [6.45, 7) is 3.98. The Labute approximate surface area is 115 Å². The van der Waals surface area contributed by atoms with Crippen LogP contribution in [0.5, 0.6) is 5.75 Å². The summed E-state index contributed by atoms with van der Waals surface area (Å²) in [6.07, 6.45) is 0.113. The predicted molar refractivity (Wildman–Crippen MR) is 74.6 cm³/mol. The van der Waals surface area contributed by atoms with E-state index < -0.39 is 0 Å². The van der Waals surface area contributed by atoms with Gasteiger partial charge >= 0.3 is 0 Å². The van der Waals surface area contributed by atoms with Crippen LogP contribution in [0.4, 0.5) is 0 Å². The van der Waals surface area contributed by atoms with Crippen molar-refractivity contribution in [1.82, 2.24) is 0 Å². The molecule has 2 aromatic rings. The highest BCUT2D eigenvalue weighted by Gasteiger charge is 2.17. The summed E-state index contributed by atoms with van der Waals surface area (Å²) in [6, 6.07) is 11.1. The van der Waals surface area contributed by atoms with Crippen LogP contribution in [-0.2, 0) is 0 Å². The number of ether oxygens (including phenoxy) is 1. The van der Waals surface area contributed by atoms with Crippen molar-refractivity contribution in [2.75, 3.05) is 0 Å². The van der Waals surface area contributed by atoms with Gasteiger partial charge in [-0.05, 0) is 48.0 Å². The molecular formula is C14H16BrNO2. The van der Waals surface area contributed by atoms with Gasteiger partial charge in [0.2, 0.25) is 0 Å². The monoisotopic (exact) mass is 309 g/mol. The topological polar surface area (TPSA) is 48.4 Å². The smallest absolute Gasteiger partial charge is 0.169 e. The van der Waals surface area contributed by atoms with Gasteiger partial charge in [0.25, 0.3) is 0 Å². The summed E-state index contributed by atoms with van der Waals surface area (Å²) in [5.41, 5.74) is 7.14. The maximum atomic E-state index is 6.21. The van der Waals surface area contributed by atoms with Gasteiger partial charge in [-0.15, -0.1) is 0 Å². The van der Waals surface area contributed by atoms with E-state index >= 15 is 0 Å². The zero-order valence-corrected chi connectivity index (χ0v) is 12.0. The highest BCUT2D eigenvalue weighted by Crippen LogP contribution is 2.30. The molecule has 1 aromatic heterocycles. The summed E-state index contributed by atoms with van der Waals surface area (Å²) >= 11 is 3.28.